The minimum atomic E-state index is -0.518. The highest BCUT2D eigenvalue weighted by molar-refractivity contribution is 6.32. The van der Waals surface area contributed by atoms with Crippen molar-refractivity contribution in [2.75, 3.05) is 39.6 Å². The molecule has 0 aliphatic heterocycles. The molecule has 0 unspecified atom stereocenters. The summed E-state index contributed by atoms with van der Waals surface area (Å²) in [4.78, 5) is 67.5. The van der Waals surface area contributed by atoms with E-state index in [-0.39, 0.29) is 107 Å². The van der Waals surface area contributed by atoms with Crippen molar-refractivity contribution in [3.8, 4) is 115 Å². The highest BCUT2D eigenvalue weighted by Gasteiger charge is 2.28. The number of hydrogen-bond donors (Lipinski definition) is 4. The van der Waals surface area contributed by atoms with E-state index in [0.29, 0.717) is 87.4 Å². The summed E-state index contributed by atoms with van der Waals surface area (Å²) in [5.41, 5.74) is 7.87. The van der Waals surface area contributed by atoms with Crippen molar-refractivity contribution in [1.29, 1.82) is 0 Å². The predicted molar refractivity (Wildman–Crippen MR) is 425 cm³/mol. The molecule has 0 radical (unpaired) electrons. The largest absolute Gasteiger partial charge is 0.507 e. The van der Waals surface area contributed by atoms with Gasteiger partial charge in [-0.25, -0.2) is 39.1 Å². The van der Waals surface area contributed by atoms with Crippen molar-refractivity contribution in [3.05, 3.63) is 214 Å². The van der Waals surface area contributed by atoms with Gasteiger partial charge in [0, 0.05) is 22.3 Å². The number of para-hydroxylation sites is 4. The zero-order valence-corrected chi connectivity index (χ0v) is 65.9. The SMILES string of the molecule is CCCOc1c(C(=O)OCC)cnn1-c1cccc(-c2cccc(C)c2O)n1.CCOC(=O)c1cnn(-c2cccc(-c3cccc(C)c3O)n2)c1O[C@@H](C)CC.CCOC(=O)c1cnn(-c2cccc(-c3cccc(C)c3O)n2)c1O[C@H](C)CC.CCOC(=O)c1cnn(-c2cccc(-c3cccc(Cl)c3O)n2)c1OCC. The molecule has 12 aromatic rings. The van der Waals surface area contributed by atoms with Gasteiger partial charge < -0.3 is 58.3 Å². The molecule has 590 valence electrons. The van der Waals surface area contributed by atoms with Crippen LogP contribution in [0.2, 0.25) is 5.02 Å². The Bertz CT molecular complexity index is 5100. The lowest BCUT2D eigenvalue weighted by Crippen LogP contribution is -2.16. The second-order valence-corrected chi connectivity index (χ2v) is 25.4. The Balaban J connectivity index is 0.000000173. The molecule has 0 saturated heterocycles. The van der Waals surface area contributed by atoms with Crippen LogP contribution in [0.1, 0.15) is 147 Å². The van der Waals surface area contributed by atoms with Crippen LogP contribution in [0, 0.1) is 20.8 Å². The molecule has 0 spiro atoms. The van der Waals surface area contributed by atoms with Crippen LogP contribution in [0.4, 0.5) is 0 Å². The Labute approximate surface area is 659 Å². The van der Waals surface area contributed by atoms with Crippen molar-refractivity contribution in [1.82, 2.24) is 59.1 Å². The third kappa shape index (κ3) is 20.3. The lowest BCUT2D eigenvalue weighted by Gasteiger charge is -2.15. The van der Waals surface area contributed by atoms with Crippen LogP contribution >= 0.6 is 11.6 Å². The van der Waals surface area contributed by atoms with E-state index in [1.54, 1.807) is 113 Å². The first-order chi connectivity index (χ1) is 54.5. The van der Waals surface area contributed by atoms with Gasteiger partial charge in [0.2, 0.25) is 23.5 Å². The van der Waals surface area contributed by atoms with Gasteiger partial charge in [0.15, 0.2) is 23.3 Å². The Morgan fingerprint density at radius 1 is 0.363 bits per heavy atom. The number of phenols is 4. The molecule has 113 heavy (non-hydrogen) atoms. The fourth-order valence-electron chi connectivity index (χ4n) is 10.9. The maximum absolute atomic E-state index is 12.3. The zero-order valence-electron chi connectivity index (χ0n) is 65.1. The summed E-state index contributed by atoms with van der Waals surface area (Å²) in [5, 5.41) is 58.8. The first-order valence-corrected chi connectivity index (χ1v) is 37.3. The van der Waals surface area contributed by atoms with E-state index in [9.17, 15) is 39.6 Å². The topological polar surface area (TPSA) is 346 Å². The van der Waals surface area contributed by atoms with E-state index < -0.39 is 23.9 Å². The van der Waals surface area contributed by atoms with Crippen LogP contribution < -0.4 is 18.9 Å². The molecule has 2 atom stereocenters. The smallest absolute Gasteiger partial charge is 0.345 e. The summed E-state index contributed by atoms with van der Waals surface area (Å²) >= 11 is 5.99. The van der Waals surface area contributed by atoms with Crippen LogP contribution in [0.15, 0.2) is 170 Å². The van der Waals surface area contributed by atoms with Crippen LogP contribution in [0.25, 0.3) is 68.3 Å². The van der Waals surface area contributed by atoms with Gasteiger partial charge in [0.1, 0.15) is 45.3 Å². The molecule has 4 aromatic carbocycles. The normalized spacial score (nSPS) is 11.3. The second-order valence-electron chi connectivity index (χ2n) is 25.0. The lowest BCUT2D eigenvalue weighted by molar-refractivity contribution is 0.0508. The number of pyridine rings is 4. The van der Waals surface area contributed by atoms with Gasteiger partial charge in [0.05, 0.1) is 104 Å². The first-order valence-electron chi connectivity index (χ1n) is 36.9. The molecule has 8 heterocycles. The Kier molecular flexibility index (Phi) is 29.7. The minimum Gasteiger partial charge on any atom is -0.507 e. The Hall–Kier alpha value is -13.1. The quantitative estimate of drug-likeness (QED) is 0.0274. The molecule has 4 N–H and O–H groups in total. The molecule has 12 rings (SSSR count). The van der Waals surface area contributed by atoms with E-state index in [1.165, 1.54) is 43.5 Å². The Morgan fingerprint density at radius 2 is 0.637 bits per heavy atom. The molecule has 0 bridgehead atoms. The highest BCUT2D eigenvalue weighted by Crippen LogP contribution is 2.38. The molecule has 0 fully saturated rings. The van der Waals surface area contributed by atoms with Crippen LogP contribution in [0.3, 0.4) is 0 Å². The van der Waals surface area contributed by atoms with Gasteiger partial charge in [-0.2, -0.15) is 39.1 Å². The average Bonchev–Trinajstić information content (AvgIpc) is 1.70. The molecule has 0 aliphatic rings. The van der Waals surface area contributed by atoms with Crippen LogP contribution in [-0.4, -0.2) is 155 Å². The van der Waals surface area contributed by atoms with Crippen molar-refractivity contribution in [3.63, 3.8) is 0 Å². The summed E-state index contributed by atoms with van der Waals surface area (Å²) in [6, 6.07) is 42.9. The zero-order chi connectivity index (χ0) is 81.4. The van der Waals surface area contributed by atoms with Crippen molar-refractivity contribution < 1.29 is 77.5 Å². The van der Waals surface area contributed by atoms with E-state index in [0.717, 1.165) is 36.0 Å². The fourth-order valence-corrected chi connectivity index (χ4v) is 11.0. The molecule has 0 saturated carbocycles. The number of rotatable bonds is 27. The number of halogens is 1. The number of phenolic OH excluding ortho intramolecular Hbond substituents is 4. The van der Waals surface area contributed by atoms with Crippen molar-refractivity contribution in [2.45, 2.75) is 121 Å². The van der Waals surface area contributed by atoms with Crippen LogP contribution in [0.5, 0.6) is 46.5 Å². The number of benzene rings is 4. The van der Waals surface area contributed by atoms with E-state index in [4.69, 9.17) is 49.5 Å². The molecule has 28 nitrogen and oxygen atoms in total. The van der Waals surface area contributed by atoms with E-state index in [1.807, 2.05) is 122 Å². The van der Waals surface area contributed by atoms with Gasteiger partial charge in [0.25, 0.3) is 0 Å². The Morgan fingerprint density at radius 3 is 0.929 bits per heavy atom. The summed E-state index contributed by atoms with van der Waals surface area (Å²) < 4.78 is 49.6. The van der Waals surface area contributed by atoms with E-state index in [2.05, 4.69) is 40.3 Å². The number of carbonyl (C=O) groups excluding carboxylic acids is 4. The van der Waals surface area contributed by atoms with Gasteiger partial charge in [-0.3, -0.25) is 0 Å². The summed E-state index contributed by atoms with van der Waals surface area (Å²) in [5.74, 6) is 1.43. The summed E-state index contributed by atoms with van der Waals surface area (Å²) in [7, 11) is 0. The average molecular weight is 1560 g/mol. The molecule has 29 heteroatoms. The number of carbonyl (C=O) groups is 4. The van der Waals surface area contributed by atoms with Gasteiger partial charge in [-0.15, -0.1) is 0 Å². The number of nitrogens with zero attached hydrogens (tertiary/aromatic N) is 12. The molecule has 0 aliphatic carbocycles. The summed E-state index contributed by atoms with van der Waals surface area (Å²) in [6.07, 6.45) is 7.71. The number of hydrogen-bond acceptors (Lipinski definition) is 24. The first kappa shape index (κ1) is 83.9. The minimum absolute atomic E-state index is 0.0541. The van der Waals surface area contributed by atoms with Gasteiger partial charge >= 0.3 is 23.9 Å². The van der Waals surface area contributed by atoms with Crippen molar-refractivity contribution >= 4 is 35.5 Å². The standard InChI is InChI=1S/2C22H25N3O4.C21H23N3O4.C19H18ClN3O4/c2*1-5-15(4)29-21-17(22(27)28-6-2)13-23-25(21)19-12-8-11-18(24-19)16-10-7-9-14(3)20(16)26;1-4-12-28-20-16(21(26)27-5-2)13-22-24(20)18-11-7-10-17(23-18)15-9-6-8-14(3)19(15)25;1-3-26-18-13(19(25)27-4-2)11-21-23(18)16-10-6-9-15(22-16)12-7-5-8-14(20)17(12)24/h2*7-13,15,26H,5-6H2,1-4H3;6-11,13,25H,4-5,12H2,1-3H3;5-11,24H,3-4H2,1-2H3/t2*15-;;/m10../s1. The highest BCUT2D eigenvalue weighted by atomic mass is 35.5. The molecular weight excluding hydrogens is 1470 g/mol. The molecule has 8 aromatic heterocycles. The van der Waals surface area contributed by atoms with E-state index >= 15 is 0 Å². The number of esters is 4. The van der Waals surface area contributed by atoms with Gasteiger partial charge in [-0.1, -0.05) is 99.1 Å². The third-order valence-electron chi connectivity index (χ3n) is 17.0. The lowest BCUT2D eigenvalue weighted by atomic mass is 10.1. The third-order valence-corrected chi connectivity index (χ3v) is 17.3. The van der Waals surface area contributed by atoms with Crippen LogP contribution in [-0.2, 0) is 18.9 Å². The number of aromatic hydroxyl groups is 4. The fraction of sp³-hybridized carbons (Fsp3) is 0.286. The number of aryl methyl sites for hydroxylation is 3. The maximum atomic E-state index is 12.3. The summed E-state index contributed by atoms with van der Waals surface area (Å²) in [6.45, 7) is 25.9. The number of ether oxygens (including phenoxy) is 8. The monoisotopic (exact) mass is 1560 g/mol. The number of aromatic nitrogens is 12. The van der Waals surface area contributed by atoms with Gasteiger partial charge in [-0.05, 0) is 184 Å². The molecule has 0 amide bonds. The maximum Gasteiger partial charge on any atom is 0.345 e. The predicted octanol–water partition coefficient (Wildman–Crippen LogP) is 16.4. The second kappa shape index (κ2) is 40.0. The molecular formula is C84H91ClN12O16. The van der Waals surface area contributed by atoms with Crippen molar-refractivity contribution in [2.24, 2.45) is 0 Å².